The summed E-state index contributed by atoms with van der Waals surface area (Å²) in [7, 11) is 0. The lowest BCUT2D eigenvalue weighted by Crippen LogP contribution is -2.27. The number of piperidine rings is 1. The zero-order valence-corrected chi connectivity index (χ0v) is 10.7. The summed E-state index contributed by atoms with van der Waals surface area (Å²) in [5.41, 5.74) is 10.6. The molecule has 2 fully saturated rings. The Morgan fingerprint density at radius 1 is 1.11 bits per heavy atom. The molecule has 1 aromatic carbocycles. The molecular formula is C15H21N3. The topological polar surface area (TPSA) is 61.9 Å². The van der Waals surface area contributed by atoms with E-state index in [1.54, 1.807) is 0 Å². The quantitative estimate of drug-likeness (QED) is 0.564. The van der Waals surface area contributed by atoms with E-state index in [0.29, 0.717) is 5.92 Å². The Bertz CT molecular complexity index is 457. The summed E-state index contributed by atoms with van der Waals surface area (Å²) in [6.45, 7) is 2.16. The highest BCUT2D eigenvalue weighted by molar-refractivity contribution is 5.87. The first-order chi connectivity index (χ1) is 8.79. The predicted octanol–water partition coefficient (Wildman–Crippen LogP) is 2.61. The zero-order valence-electron chi connectivity index (χ0n) is 10.7. The maximum Gasteiger partial charge on any atom is 0.0408 e. The maximum atomic E-state index is 7.62. The van der Waals surface area contributed by atoms with Gasteiger partial charge in [0.25, 0.3) is 0 Å². The Hall–Kier alpha value is -1.35. The van der Waals surface area contributed by atoms with Crippen molar-refractivity contribution >= 4 is 11.9 Å². The Morgan fingerprint density at radius 2 is 1.83 bits per heavy atom. The summed E-state index contributed by atoms with van der Waals surface area (Å²) in [6, 6.07) is 4.41. The minimum atomic E-state index is 0.573. The number of nitrogen functional groups attached to an aromatic ring is 1. The van der Waals surface area contributed by atoms with Crippen LogP contribution in [0.15, 0.2) is 12.1 Å². The summed E-state index contributed by atoms with van der Waals surface area (Å²) < 4.78 is 0. The average molecular weight is 243 g/mol. The van der Waals surface area contributed by atoms with Crippen molar-refractivity contribution in [3.05, 3.63) is 28.8 Å². The molecule has 1 aliphatic heterocycles. The van der Waals surface area contributed by atoms with Gasteiger partial charge < -0.3 is 16.5 Å². The molecule has 0 radical (unpaired) electrons. The van der Waals surface area contributed by atoms with Crippen molar-refractivity contribution in [1.82, 2.24) is 5.32 Å². The standard InChI is InChI=1S/C15H21N3/c16-9-14-13(11-3-5-18-6-4-11)7-12(8-15(14)17)10-1-2-10/h7-11,16,18H,1-6,17H2. The van der Waals surface area contributed by atoms with Gasteiger partial charge in [0.05, 0.1) is 0 Å². The highest BCUT2D eigenvalue weighted by atomic mass is 14.9. The highest BCUT2D eigenvalue weighted by Gasteiger charge is 2.27. The smallest absolute Gasteiger partial charge is 0.0408 e. The first kappa shape index (κ1) is 11.7. The molecule has 3 heteroatoms. The van der Waals surface area contributed by atoms with Crippen LogP contribution >= 0.6 is 0 Å². The van der Waals surface area contributed by atoms with E-state index in [9.17, 15) is 0 Å². The van der Waals surface area contributed by atoms with Gasteiger partial charge in [0, 0.05) is 17.5 Å². The number of hydrogen-bond donors (Lipinski definition) is 3. The number of anilines is 1. The van der Waals surface area contributed by atoms with E-state index in [2.05, 4.69) is 17.4 Å². The fraction of sp³-hybridized carbons (Fsp3) is 0.533. The molecule has 0 bridgehead atoms. The summed E-state index contributed by atoms with van der Waals surface area (Å²) >= 11 is 0. The molecule has 3 rings (SSSR count). The third kappa shape index (κ3) is 2.15. The van der Waals surface area contributed by atoms with E-state index in [4.69, 9.17) is 11.1 Å². The van der Waals surface area contributed by atoms with Gasteiger partial charge in [0.15, 0.2) is 0 Å². The fourth-order valence-corrected chi connectivity index (χ4v) is 3.01. The summed E-state index contributed by atoms with van der Waals surface area (Å²) in [6.07, 6.45) is 6.36. The number of nitrogens with one attached hydrogen (secondary N) is 2. The molecule has 0 unspecified atom stereocenters. The van der Waals surface area contributed by atoms with Gasteiger partial charge in [0.1, 0.15) is 0 Å². The van der Waals surface area contributed by atoms with Crippen molar-refractivity contribution < 1.29 is 0 Å². The molecular weight excluding hydrogens is 222 g/mol. The minimum absolute atomic E-state index is 0.573. The monoisotopic (exact) mass is 243 g/mol. The first-order valence-corrected chi connectivity index (χ1v) is 6.94. The zero-order chi connectivity index (χ0) is 12.5. The third-order valence-corrected chi connectivity index (χ3v) is 4.24. The lowest BCUT2D eigenvalue weighted by molar-refractivity contribution is 0.460. The van der Waals surface area contributed by atoms with Crippen LogP contribution < -0.4 is 11.1 Å². The molecule has 0 atom stereocenters. The maximum absolute atomic E-state index is 7.62. The Labute approximate surface area is 108 Å². The molecule has 96 valence electrons. The van der Waals surface area contributed by atoms with Gasteiger partial charge in [-0.05, 0) is 67.8 Å². The molecule has 3 nitrogen and oxygen atoms in total. The largest absolute Gasteiger partial charge is 0.398 e. The van der Waals surface area contributed by atoms with Crippen LogP contribution in [0.4, 0.5) is 5.69 Å². The highest BCUT2D eigenvalue weighted by Crippen LogP contribution is 2.43. The van der Waals surface area contributed by atoms with Crippen LogP contribution in [0, 0.1) is 5.41 Å². The van der Waals surface area contributed by atoms with Crippen LogP contribution in [-0.4, -0.2) is 19.3 Å². The SMILES string of the molecule is N=Cc1c(N)cc(C2CC2)cc1C1CCNCC1. The van der Waals surface area contributed by atoms with Gasteiger partial charge >= 0.3 is 0 Å². The molecule has 0 amide bonds. The molecule has 1 aromatic rings. The predicted molar refractivity (Wildman–Crippen MR) is 75.6 cm³/mol. The van der Waals surface area contributed by atoms with Crippen LogP contribution in [0.25, 0.3) is 0 Å². The van der Waals surface area contributed by atoms with Crippen LogP contribution in [0.5, 0.6) is 0 Å². The number of benzene rings is 1. The molecule has 0 aromatic heterocycles. The van der Waals surface area contributed by atoms with Crippen molar-refractivity contribution in [2.24, 2.45) is 0 Å². The van der Waals surface area contributed by atoms with E-state index in [0.717, 1.165) is 43.1 Å². The van der Waals surface area contributed by atoms with Crippen LogP contribution in [0.2, 0.25) is 0 Å². The number of rotatable bonds is 3. The van der Waals surface area contributed by atoms with Crippen LogP contribution in [-0.2, 0) is 0 Å². The molecule has 4 N–H and O–H groups in total. The van der Waals surface area contributed by atoms with E-state index in [-0.39, 0.29) is 0 Å². The molecule has 0 spiro atoms. The van der Waals surface area contributed by atoms with Crippen molar-refractivity contribution in [1.29, 1.82) is 5.41 Å². The Balaban J connectivity index is 2.00. The fourth-order valence-electron chi connectivity index (χ4n) is 3.01. The number of nitrogens with two attached hydrogens (primary N) is 1. The van der Waals surface area contributed by atoms with E-state index in [1.165, 1.54) is 30.2 Å². The van der Waals surface area contributed by atoms with Gasteiger partial charge in [-0.25, -0.2) is 0 Å². The van der Waals surface area contributed by atoms with Crippen molar-refractivity contribution in [2.45, 2.75) is 37.5 Å². The van der Waals surface area contributed by atoms with Crippen LogP contribution in [0.1, 0.15) is 54.2 Å². The minimum Gasteiger partial charge on any atom is -0.398 e. The van der Waals surface area contributed by atoms with Gasteiger partial charge in [-0.2, -0.15) is 0 Å². The second kappa shape index (κ2) is 4.73. The van der Waals surface area contributed by atoms with E-state index >= 15 is 0 Å². The lowest BCUT2D eigenvalue weighted by atomic mass is 9.85. The molecule has 1 aliphatic carbocycles. The molecule has 1 heterocycles. The van der Waals surface area contributed by atoms with Crippen molar-refractivity contribution in [3.8, 4) is 0 Å². The lowest BCUT2D eigenvalue weighted by Gasteiger charge is -2.25. The summed E-state index contributed by atoms with van der Waals surface area (Å²) in [5.74, 6) is 1.30. The average Bonchev–Trinajstić information content (AvgIpc) is 3.23. The Morgan fingerprint density at radius 3 is 2.44 bits per heavy atom. The summed E-state index contributed by atoms with van der Waals surface area (Å²) in [4.78, 5) is 0. The van der Waals surface area contributed by atoms with E-state index < -0.39 is 0 Å². The third-order valence-electron chi connectivity index (χ3n) is 4.24. The van der Waals surface area contributed by atoms with Gasteiger partial charge in [-0.1, -0.05) is 6.07 Å². The van der Waals surface area contributed by atoms with Crippen LogP contribution in [0.3, 0.4) is 0 Å². The van der Waals surface area contributed by atoms with Crippen molar-refractivity contribution in [2.75, 3.05) is 18.8 Å². The normalized spacial score (nSPS) is 20.9. The van der Waals surface area contributed by atoms with Gasteiger partial charge in [0.2, 0.25) is 0 Å². The van der Waals surface area contributed by atoms with Gasteiger partial charge in [-0.3, -0.25) is 0 Å². The second-order valence-electron chi connectivity index (χ2n) is 5.56. The van der Waals surface area contributed by atoms with Crippen molar-refractivity contribution in [3.63, 3.8) is 0 Å². The first-order valence-electron chi connectivity index (χ1n) is 6.94. The van der Waals surface area contributed by atoms with Gasteiger partial charge in [-0.15, -0.1) is 0 Å². The molecule has 2 aliphatic rings. The molecule has 1 saturated heterocycles. The van der Waals surface area contributed by atoms with E-state index in [1.807, 2.05) is 0 Å². The number of hydrogen-bond acceptors (Lipinski definition) is 3. The molecule has 18 heavy (non-hydrogen) atoms. The second-order valence-corrected chi connectivity index (χ2v) is 5.56. The molecule has 1 saturated carbocycles. The summed E-state index contributed by atoms with van der Waals surface area (Å²) in [5, 5.41) is 11.0. The Kier molecular flexibility index (Phi) is 3.08.